The van der Waals surface area contributed by atoms with Crippen molar-refractivity contribution in [3.63, 3.8) is 0 Å². The molecule has 2 rings (SSSR count). The number of carbonyl (C=O) groups is 1. The molecule has 24 heavy (non-hydrogen) atoms. The normalized spacial score (nSPS) is 10.7. The molecule has 5 nitrogen and oxygen atoms in total. The molecule has 0 saturated carbocycles. The largest absolute Gasteiger partial charge is 0.493 e. The Labute approximate surface area is 138 Å². The Balaban J connectivity index is 2.35. The highest BCUT2D eigenvalue weighted by Gasteiger charge is 2.14. The zero-order chi connectivity index (χ0) is 17.5. The third-order valence-electron chi connectivity index (χ3n) is 3.22. The molecule has 0 bridgehead atoms. The van der Waals surface area contributed by atoms with Crippen LogP contribution in [0.15, 0.2) is 48.0 Å². The van der Waals surface area contributed by atoms with Gasteiger partial charge >= 0.3 is 0 Å². The molecule has 0 atom stereocenters. The molecule has 0 spiro atoms. The van der Waals surface area contributed by atoms with Gasteiger partial charge in [-0.3, -0.25) is 4.79 Å². The number of benzene rings is 2. The van der Waals surface area contributed by atoms with Crippen LogP contribution < -0.4 is 14.8 Å². The van der Waals surface area contributed by atoms with Crippen molar-refractivity contribution < 1.29 is 18.7 Å². The third-order valence-corrected chi connectivity index (χ3v) is 3.22. The number of carbonyl (C=O) groups excluding carboxylic acids is 1. The van der Waals surface area contributed by atoms with Gasteiger partial charge in [-0.1, -0.05) is 24.3 Å². The average Bonchev–Trinajstić information content (AvgIpc) is 2.60. The van der Waals surface area contributed by atoms with Crippen LogP contribution in [0, 0.1) is 17.1 Å². The molecule has 0 aliphatic carbocycles. The quantitative estimate of drug-likeness (QED) is 0.675. The smallest absolute Gasteiger partial charge is 0.266 e. The predicted molar refractivity (Wildman–Crippen MR) is 88.2 cm³/mol. The lowest BCUT2D eigenvalue weighted by Crippen LogP contribution is -2.14. The van der Waals surface area contributed by atoms with Gasteiger partial charge in [-0.2, -0.15) is 5.26 Å². The van der Waals surface area contributed by atoms with Gasteiger partial charge in [-0.25, -0.2) is 4.39 Å². The monoisotopic (exact) mass is 326 g/mol. The summed E-state index contributed by atoms with van der Waals surface area (Å²) in [6, 6.07) is 12.6. The maximum absolute atomic E-state index is 13.6. The first-order valence-corrected chi connectivity index (χ1v) is 6.99. The zero-order valence-electron chi connectivity index (χ0n) is 13.2. The Bertz CT molecular complexity index is 825. The molecule has 6 heteroatoms. The third kappa shape index (κ3) is 3.70. The van der Waals surface area contributed by atoms with E-state index in [1.807, 2.05) is 6.07 Å². The van der Waals surface area contributed by atoms with E-state index >= 15 is 0 Å². The second-order valence-electron chi connectivity index (χ2n) is 4.69. The van der Waals surface area contributed by atoms with E-state index in [1.54, 1.807) is 24.3 Å². The summed E-state index contributed by atoms with van der Waals surface area (Å²) in [5.74, 6) is -0.431. The lowest BCUT2D eigenvalue weighted by molar-refractivity contribution is -0.112. The van der Waals surface area contributed by atoms with Crippen LogP contribution >= 0.6 is 0 Å². The zero-order valence-corrected chi connectivity index (χ0v) is 13.2. The van der Waals surface area contributed by atoms with Gasteiger partial charge in [0.15, 0.2) is 11.5 Å². The maximum atomic E-state index is 13.6. The van der Waals surface area contributed by atoms with Gasteiger partial charge in [0.2, 0.25) is 0 Å². The van der Waals surface area contributed by atoms with Crippen LogP contribution in [0.25, 0.3) is 6.08 Å². The van der Waals surface area contributed by atoms with E-state index in [1.165, 1.54) is 38.5 Å². The van der Waals surface area contributed by atoms with Crippen LogP contribution in [-0.2, 0) is 4.79 Å². The maximum Gasteiger partial charge on any atom is 0.266 e. The van der Waals surface area contributed by atoms with Gasteiger partial charge in [0.1, 0.15) is 17.5 Å². The van der Waals surface area contributed by atoms with E-state index in [2.05, 4.69) is 5.32 Å². The Kier molecular flexibility index (Phi) is 5.53. The number of nitriles is 1. The van der Waals surface area contributed by atoms with Crippen molar-refractivity contribution in [3.05, 3.63) is 59.4 Å². The first kappa shape index (κ1) is 17.0. The Morgan fingerprint density at radius 2 is 1.92 bits per heavy atom. The second-order valence-corrected chi connectivity index (χ2v) is 4.69. The number of hydrogen-bond acceptors (Lipinski definition) is 4. The highest BCUT2D eigenvalue weighted by atomic mass is 19.1. The molecule has 0 aliphatic heterocycles. The van der Waals surface area contributed by atoms with E-state index in [9.17, 15) is 14.4 Å². The number of amides is 1. The molecule has 0 saturated heterocycles. The molecule has 0 radical (unpaired) electrons. The summed E-state index contributed by atoms with van der Waals surface area (Å²) in [5.41, 5.74) is 0.308. The Hall–Kier alpha value is -3.33. The number of halogens is 1. The number of para-hydroxylation sites is 2. The number of nitrogens with one attached hydrogen (secondary N) is 1. The molecule has 0 aromatic heterocycles. The fourth-order valence-electron chi connectivity index (χ4n) is 2.08. The van der Waals surface area contributed by atoms with Gasteiger partial charge in [0, 0.05) is 5.56 Å². The van der Waals surface area contributed by atoms with E-state index in [0.717, 1.165) is 0 Å². The highest BCUT2D eigenvalue weighted by molar-refractivity contribution is 6.09. The minimum Gasteiger partial charge on any atom is -0.493 e. The lowest BCUT2D eigenvalue weighted by Gasteiger charge is -2.10. The van der Waals surface area contributed by atoms with Gasteiger partial charge in [0.25, 0.3) is 5.91 Å². The van der Waals surface area contributed by atoms with Gasteiger partial charge in [-0.05, 0) is 24.3 Å². The van der Waals surface area contributed by atoms with Crippen LogP contribution in [0.1, 0.15) is 5.56 Å². The van der Waals surface area contributed by atoms with Gasteiger partial charge < -0.3 is 14.8 Å². The number of rotatable bonds is 5. The fraction of sp³-hybridized carbons (Fsp3) is 0.111. The predicted octanol–water partition coefficient (Wildman–Crippen LogP) is 3.39. The number of hydrogen-bond donors (Lipinski definition) is 1. The van der Waals surface area contributed by atoms with Gasteiger partial charge in [-0.15, -0.1) is 0 Å². The topological polar surface area (TPSA) is 71.3 Å². The van der Waals surface area contributed by atoms with Crippen molar-refractivity contribution in [2.45, 2.75) is 0 Å². The lowest BCUT2D eigenvalue weighted by atomic mass is 10.1. The van der Waals surface area contributed by atoms with E-state index in [-0.39, 0.29) is 11.3 Å². The number of ether oxygens (including phenoxy) is 2. The van der Waals surface area contributed by atoms with Crippen LogP contribution in [0.5, 0.6) is 11.5 Å². The molecular formula is C18H15FN2O3. The highest BCUT2D eigenvalue weighted by Crippen LogP contribution is 2.32. The molecule has 0 unspecified atom stereocenters. The standard InChI is InChI=1S/C18H15FN2O3/c1-23-16-9-5-6-12(17(16)24-2)10-13(11-20)18(22)21-15-8-4-3-7-14(15)19/h3-10H,1-2H3,(H,21,22)/b13-10+. The molecule has 0 heterocycles. The SMILES string of the molecule is COc1cccc(/C=C(\C#N)C(=O)Nc2ccccc2F)c1OC. The van der Waals surface area contributed by atoms with Crippen LogP contribution in [0.3, 0.4) is 0 Å². The van der Waals surface area contributed by atoms with Gasteiger partial charge in [0.05, 0.1) is 19.9 Å². The van der Waals surface area contributed by atoms with Crippen LogP contribution in [0.4, 0.5) is 10.1 Å². The van der Waals surface area contributed by atoms with Crippen molar-refractivity contribution in [2.75, 3.05) is 19.5 Å². The summed E-state index contributed by atoms with van der Waals surface area (Å²) in [6.07, 6.45) is 1.36. The summed E-state index contributed by atoms with van der Waals surface area (Å²) < 4.78 is 24.0. The Morgan fingerprint density at radius 3 is 2.54 bits per heavy atom. The molecular weight excluding hydrogens is 311 g/mol. The van der Waals surface area contributed by atoms with Crippen molar-refractivity contribution in [3.8, 4) is 17.6 Å². The van der Waals surface area contributed by atoms with E-state index in [0.29, 0.717) is 17.1 Å². The summed E-state index contributed by atoms with van der Waals surface area (Å²) >= 11 is 0. The molecule has 0 fully saturated rings. The van der Waals surface area contributed by atoms with Crippen molar-refractivity contribution in [1.29, 1.82) is 5.26 Å². The average molecular weight is 326 g/mol. The number of nitrogens with zero attached hydrogens (tertiary/aromatic N) is 1. The minimum atomic E-state index is -0.715. The second kappa shape index (κ2) is 7.79. The van der Waals surface area contributed by atoms with E-state index in [4.69, 9.17) is 9.47 Å². The summed E-state index contributed by atoms with van der Waals surface area (Å²) in [5, 5.41) is 11.6. The molecule has 2 aromatic carbocycles. The molecule has 1 amide bonds. The van der Waals surface area contributed by atoms with Crippen molar-refractivity contribution >= 4 is 17.7 Å². The Morgan fingerprint density at radius 1 is 1.17 bits per heavy atom. The number of anilines is 1. The van der Waals surface area contributed by atoms with E-state index < -0.39 is 11.7 Å². The fourth-order valence-corrected chi connectivity index (χ4v) is 2.08. The van der Waals surface area contributed by atoms with Crippen LogP contribution in [-0.4, -0.2) is 20.1 Å². The molecule has 1 N–H and O–H groups in total. The molecule has 0 aliphatic rings. The van der Waals surface area contributed by atoms with Crippen molar-refractivity contribution in [2.24, 2.45) is 0 Å². The minimum absolute atomic E-state index is 0.00116. The number of methoxy groups -OCH3 is 2. The summed E-state index contributed by atoms with van der Waals surface area (Å²) in [4.78, 5) is 12.2. The van der Waals surface area contributed by atoms with Crippen molar-refractivity contribution in [1.82, 2.24) is 0 Å². The first-order valence-electron chi connectivity index (χ1n) is 6.99. The summed E-state index contributed by atoms with van der Waals surface area (Å²) in [7, 11) is 2.95. The molecule has 2 aromatic rings. The molecule has 122 valence electrons. The summed E-state index contributed by atoms with van der Waals surface area (Å²) in [6.45, 7) is 0. The van der Waals surface area contributed by atoms with Crippen LogP contribution in [0.2, 0.25) is 0 Å². The first-order chi connectivity index (χ1) is 11.6.